The van der Waals surface area contributed by atoms with Gasteiger partial charge in [0, 0.05) is 6.54 Å². The van der Waals surface area contributed by atoms with Crippen LogP contribution >= 0.6 is 0 Å². The summed E-state index contributed by atoms with van der Waals surface area (Å²) in [6, 6.07) is 7.36. The molecule has 0 aliphatic carbocycles. The van der Waals surface area contributed by atoms with Gasteiger partial charge < -0.3 is 14.7 Å². The molecule has 1 fully saturated rings. The summed E-state index contributed by atoms with van der Waals surface area (Å²) in [7, 11) is 0. The van der Waals surface area contributed by atoms with Gasteiger partial charge in [-0.05, 0) is 62.1 Å². The van der Waals surface area contributed by atoms with Crippen molar-refractivity contribution >= 4 is 17.9 Å². The molecule has 182 valence electrons. The number of hydrogen-bond donors (Lipinski definition) is 1. The fourth-order valence-electron chi connectivity index (χ4n) is 3.67. The number of hydrogen-bond acceptors (Lipinski definition) is 4. The fourth-order valence-corrected chi connectivity index (χ4v) is 3.67. The Bertz CT molecular complexity index is 1100. The van der Waals surface area contributed by atoms with Gasteiger partial charge in [0.25, 0.3) is 5.91 Å². The molecule has 7 nitrogen and oxygen atoms in total. The van der Waals surface area contributed by atoms with Crippen molar-refractivity contribution in [1.29, 1.82) is 0 Å². The van der Waals surface area contributed by atoms with E-state index in [-0.39, 0.29) is 19.6 Å². The maximum Gasteiger partial charge on any atom is 0.416 e. The lowest BCUT2D eigenvalue weighted by Gasteiger charge is -2.25. The highest BCUT2D eigenvalue weighted by atomic mass is 19.4. The lowest BCUT2D eigenvalue weighted by atomic mass is 10.0. The maximum atomic E-state index is 12.8. The molecule has 1 heterocycles. The molecule has 0 atom stereocenters. The number of nitrogens with zero attached hydrogens (tertiary/aromatic N) is 2. The van der Waals surface area contributed by atoms with Crippen LogP contribution in [0.4, 0.5) is 18.0 Å². The van der Waals surface area contributed by atoms with Crippen LogP contribution in [-0.4, -0.2) is 45.0 Å². The Labute approximate surface area is 194 Å². The molecule has 0 bridgehead atoms. The monoisotopic (exact) mass is 478 g/mol. The summed E-state index contributed by atoms with van der Waals surface area (Å²) < 4.78 is 43.9. The number of rotatable bonds is 7. The van der Waals surface area contributed by atoms with E-state index >= 15 is 0 Å². The second-order valence-electron chi connectivity index (χ2n) is 8.79. The number of carboxylic acid groups (broad SMARTS) is 1. The number of urea groups is 1. The van der Waals surface area contributed by atoms with Crippen LogP contribution in [0.2, 0.25) is 0 Å². The van der Waals surface area contributed by atoms with Crippen molar-refractivity contribution in [3.8, 4) is 5.75 Å². The molecule has 1 N–H and O–H groups in total. The Morgan fingerprint density at radius 1 is 1.00 bits per heavy atom. The van der Waals surface area contributed by atoms with Crippen LogP contribution < -0.4 is 4.74 Å². The van der Waals surface area contributed by atoms with Crippen LogP contribution in [0.5, 0.6) is 5.75 Å². The van der Waals surface area contributed by atoms with Gasteiger partial charge >= 0.3 is 18.2 Å². The van der Waals surface area contributed by atoms with Crippen LogP contribution in [0, 0.1) is 13.8 Å². The molecule has 1 saturated heterocycles. The highest BCUT2D eigenvalue weighted by molar-refractivity contribution is 6.01. The van der Waals surface area contributed by atoms with Gasteiger partial charge in [-0.15, -0.1) is 0 Å². The highest BCUT2D eigenvalue weighted by Crippen LogP contribution is 2.31. The van der Waals surface area contributed by atoms with E-state index in [1.54, 1.807) is 26.0 Å². The van der Waals surface area contributed by atoms with Crippen molar-refractivity contribution in [2.75, 3.05) is 6.54 Å². The number of amides is 3. The second kappa shape index (κ2) is 9.00. The van der Waals surface area contributed by atoms with Crippen molar-refractivity contribution in [2.45, 2.75) is 52.6 Å². The Morgan fingerprint density at radius 3 is 2.06 bits per heavy atom. The number of halogens is 3. The molecule has 0 saturated carbocycles. The standard InChI is InChI=1S/C24H25F3N2O5/c1-14-9-17(10-15(2)20(14)34-23(3,4)21(31)32)12-29-19(30)13-28(22(29)33)11-16-5-7-18(8-6-16)24(25,26)27/h5-10H,11-13H2,1-4H3,(H,31,32). The number of aliphatic carboxylic acids is 1. The van der Waals surface area contributed by atoms with Crippen molar-refractivity contribution in [3.05, 3.63) is 64.2 Å². The molecule has 0 aromatic heterocycles. The number of carbonyl (C=O) groups is 3. The molecule has 1 aliphatic rings. The lowest BCUT2D eigenvalue weighted by molar-refractivity contribution is -0.152. The number of carbonyl (C=O) groups excluding carboxylic acids is 2. The number of ether oxygens (including phenoxy) is 1. The van der Waals surface area contributed by atoms with Crippen molar-refractivity contribution < 1.29 is 37.4 Å². The SMILES string of the molecule is Cc1cc(CN2C(=O)CN(Cc3ccc(C(F)(F)F)cc3)C2=O)cc(C)c1OC(C)(C)C(=O)O. The molecule has 2 aromatic rings. The molecular formula is C24H25F3N2O5. The smallest absolute Gasteiger partial charge is 0.416 e. The summed E-state index contributed by atoms with van der Waals surface area (Å²) >= 11 is 0. The number of imide groups is 1. The fraction of sp³-hybridized carbons (Fsp3) is 0.375. The average molecular weight is 478 g/mol. The van der Waals surface area contributed by atoms with Gasteiger partial charge in [0.15, 0.2) is 5.60 Å². The van der Waals surface area contributed by atoms with E-state index in [1.807, 2.05) is 0 Å². The van der Waals surface area contributed by atoms with E-state index in [2.05, 4.69) is 0 Å². The average Bonchev–Trinajstić information content (AvgIpc) is 2.98. The van der Waals surface area contributed by atoms with Crippen LogP contribution in [0.1, 0.15) is 41.7 Å². The molecule has 1 aliphatic heterocycles. The Balaban J connectivity index is 1.72. The summed E-state index contributed by atoms with van der Waals surface area (Å²) in [4.78, 5) is 39.0. The first-order valence-corrected chi connectivity index (χ1v) is 10.5. The Hall–Kier alpha value is -3.56. The lowest BCUT2D eigenvalue weighted by Crippen LogP contribution is -2.38. The molecule has 34 heavy (non-hydrogen) atoms. The Kier molecular flexibility index (Phi) is 6.64. The van der Waals surface area contributed by atoms with Crippen molar-refractivity contribution in [1.82, 2.24) is 9.80 Å². The first-order chi connectivity index (χ1) is 15.7. The molecule has 0 radical (unpaired) electrons. The normalized spacial score (nSPS) is 14.7. The van der Waals surface area contributed by atoms with Crippen molar-refractivity contribution in [2.24, 2.45) is 0 Å². The molecule has 0 unspecified atom stereocenters. The van der Waals surface area contributed by atoms with E-state index in [9.17, 15) is 32.7 Å². The summed E-state index contributed by atoms with van der Waals surface area (Å²) in [5.41, 5.74) is 0.233. The zero-order chi connectivity index (χ0) is 25.4. The summed E-state index contributed by atoms with van der Waals surface area (Å²) in [5.74, 6) is -1.12. The second-order valence-corrected chi connectivity index (χ2v) is 8.79. The largest absolute Gasteiger partial charge is 0.478 e. The number of aryl methyl sites for hydroxylation is 2. The van der Waals surface area contributed by atoms with Gasteiger partial charge in [-0.2, -0.15) is 13.2 Å². The predicted molar refractivity (Wildman–Crippen MR) is 116 cm³/mol. The third kappa shape index (κ3) is 5.32. The molecule has 3 rings (SSSR count). The minimum absolute atomic E-state index is 0.00542. The zero-order valence-electron chi connectivity index (χ0n) is 19.2. The predicted octanol–water partition coefficient (Wildman–Crippen LogP) is 4.53. The quantitative estimate of drug-likeness (QED) is 0.591. The van der Waals surface area contributed by atoms with E-state index in [1.165, 1.54) is 30.9 Å². The first-order valence-electron chi connectivity index (χ1n) is 10.5. The van der Waals surface area contributed by atoms with Gasteiger partial charge in [0.2, 0.25) is 0 Å². The van der Waals surface area contributed by atoms with Crippen molar-refractivity contribution in [3.63, 3.8) is 0 Å². The molecule has 2 aromatic carbocycles. The number of benzene rings is 2. The zero-order valence-corrected chi connectivity index (χ0v) is 19.2. The van der Waals surface area contributed by atoms with Crippen LogP contribution in [0.3, 0.4) is 0 Å². The summed E-state index contributed by atoms with van der Waals surface area (Å²) in [6.45, 7) is 6.21. The Morgan fingerprint density at radius 2 is 1.56 bits per heavy atom. The van der Waals surface area contributed by atoms with Gasteiger partial charge in [-0.3, -0.25) is 9.69 Å². The molecule has 3 amide bonds. The third-order valence-corrected chi connectivity index (χ3v) is 5.52. The van der Waals surface area contributed by atoms with E-state index < -0.39 is 35.2 Å². The topological polar surface area (TPSA) is 87.2 Å². The van der Waals surface area contributed by atoms with Gasteiger partial charge in [-0.25, -0.2) is 9.59 Å². The third-order valence-electron chi connectivity index (χ3n) is 5.52. The van der Waals surface area contributed by atoms with Gasteiger partial charge in [0.1, 0.15) is 12.3 Å². The molecule has 0 spiro atoms. The highest BCUT2D eigenvalue weighted by Gasteiger charge is 2.36. The molecule has 10 heteroatoms. The molecular weight excluding hydrogens is 453 g/mol. The van der Waals surface area contributed by atoms with Gasteiger partial charge in [-0.1, -0.05) is 24.3 Å². The summed E-state index contributed by atoms with van der Waals surface area (Å²) in [6.07, 6.45) is -4.45. The van der Waals surface area contributed by atoms with E-state index in [0.717, 1.165) is 17.0 Å². The van der Waals surface area contributed by atoms with Crippen LogP contribution in [-0.2, 0) is 28.9 Å². The minimum Gasteiger partial charge on any atom is -0.478 e. The number of carboxylic acids is 1. The van der Waals surface area contributed by atoms with Crippen LogP contribution in [0.15, 0.2) is 36.4 Å². The minimum atomic E-state index is -4.45. The van der Waals surface area contributed by atoms with E-state index in [0.29, 0.717) is 28.0 Å². The number of alkyl halides is 3. The first kappa shape index (κ1) is 25.1. The summed E-state index contributed by atoms with van der Waals surface area (Å²) in [5, 5.41) is 9.31. The van der Waals surface area contributed by atoms with E-state index in [4.69, 9.17) is 4.74 Å². The maximum absolute atomic E-state index is 12.8. The van der Waals surface area contributed by atoms with Gasteiger partial charge in [0.05, 0.1) is 12.1 Å². The van der Waals surface area contributed by atoms with Crippen LogP contribution in [0.25, 0.3) is 0 Å².